The molecule has 2 aromatic rings. The quantitative estimate of drug-likeness (QED) is 0.514. The molecule has 6 nitrogen and oxygen atoms in total. The van der Waals surface area contributed by atoms with E-state index in [1.165, 1.54) is 18.2 Å². The van der Waals surface area contributed by atoms with E-state index in [2.05, 4.69) is 5.32 Å². The molecule has 1 unspecified atom stereocenters. The highest BCUT2D eigenvalue weighted by Gasteiger charge is 2.33. The molecule has 2 aromatic carbocycles. The zero-order chi connectivity index (χ0) is 15.0. The van der Waals surface area contributed by atoms with Crippen LogP contribution in [0.15, 0.2) is 42.5 Å². The number of nitro groups is 1. The molecular formula is C15H12N2O4. The fourth-order valence-corrected chi connectivity index (χ4v) is 2.51. The first-order valence-corrected chi connectivity index (χ1v) is 6.43. The van der Waals surface area contributed by atoms with Gasteiger partial charge in [0.2, 0.25) is 5.91 Å². The molecule has 1 aliphatic rings. The number of para-hydroxylation sites is 1. The summed E-state index contributed by atoms with van der Waals surface area (Å²) in [5.41, 5.74) is 1.55. The van der Waals surface area contributed by atoms with Gasteiger partial charge in [-0.2, -0.15) is 0 Å². The molecule has 0 bridgehead atoms. The average molecular weight is 284 g/mol. The molecule has 0 fully saturated rings. The molecule has 2 N–H and O–H groups in total. The first-order chi connectivity index (χ1) is 10.1. The van der Waals surface area contributed by atoms with Gasteiger partial charge in [-0.1, -0.05) is 30.3 Å². The number of nitrogens with one attached hydrogen (secondary N) is 1. The van der Waals surface area contributed by atoms with E-state index in [0.29, 0.717) is 6.42 Å². The monoisotopic (exact) mass is 284 g/mol. The zero-order valence-electron chi connectivity index (χ0n) is 10.9. The third-order valence-corrected chi connectivity index (χ3v) is 3.64. The van der Waals surface area contributed by atoms with E-state index < -0.39 is 4.92 Å². The van der Waals surface area contributed by atoms with Gasteiger partial charge in [-0.05, 0) is 23.6 Å². The van der Waals surface area contributed by atoms with Gasteiger partial charge in [-0.25, -0.2) is 0 Å². The number of hydrogen-bond acceptors (Lipinski definition) is 4. The van der Waals surface area contributed by atoms with Gasteiger partial charge in [0.15, 0.2) is 5.69 Å². The van der Waals surface area contributed by atoms with Gasteiger partial charge < -0.3 is 10.4 Å². The molecule has 0 aliphatic heterocycles. The molecule has 0 spiro atoms. The first-order valence-electron chi connectivity index (χ1n) is 6.43. The minimum atomic E-state index is -0.635. The van der Waals surface area contributed by atoms with Crippen LogP contribution in [-0.2, 0) is 11.2 Å². The Morgan fingerprint density at radius 2 is 2.00 bits per heavy atom. The maximum Gasteiger partial charge on any atom is 0.296 e. The summed E-state index contributed by atoms with van der Waals surface area (Å²) in [6.07, 6.45) is 0.601. The largest absolute Gasteiger partial charge is 0.505 e. The van der Waals surface area contributed by atoms with Crippen LogP contribution in [0.3, 0.4) is 0 Å². The minimum Gasteiger partial charge on any atom is -0.505 e. The van der Waals surface area contributed by atoms with Gasteiger partial charge >= 0.3 is 0 Å². The van der Waals surface area contributed by atoms with Gasteiger partial charge in [0.05, 0.1) is 10.8 Å². The van der Waals surface area contributed by atoms with Crippen LogP contribution in [0.2, 0.25) is 0 Å². The number of nitrogens with zero attached hydrogens (tertiary/aromatic N) is 1. The van der Waals surface area contributed by atoms with Crippen molar-refractivity contribution in [3.05, 3.63) is 63.7 Å². The lowest BCUT2D eigenvalue weighted by Gasteiger charge is -2.28. The fourth-order valence-electron chi connectivity index (χ4n) is 2.51. The van der Waals surface area contributed by atoms with Gasteiger partial charge in [-0.15, -0.1) is 0 Å². The number of phenolic OH excluding ortho intramolecular Hbond substituents is 1. The van der Waals surface area contributed by atoms with Crippen molar-refractivity contribution < 1.29 is 14.8 Å². The number of nitro benzene ring substituents is 1. The van der Waals surface area contributed by atoms with Crippen molar-refractivity contribution in [1.82, 2.24) is 0 Å². The molecule has 6 heteroatoms. The second-order valence-corrected chi connectivity index (χ2v) is 4.87. The van der Waals surface area contributed by atoms with E-state index in [4.69, 9.17) is 0 Å². The molecule has 1 aliphatic carbocycles. The second-order valence-electron chi connectivity index (χ2n) is 4.87. The highest BCUT2D eigenvalue weighted by Crippen LogP contribution is 2.38. The molecule has 0 radical (unpaired) electrons. The third kappa shape index (κ3) is 2.20. The van der Waals surface area contributed by atoms with E-state index in [0.717, 1.165) is 11.1 Å². The van der Waals surface area contributed by atoms with Crippen molar-refractivity contribution >= 4 is 17.3 Å². The fraction of sp³-hybridized carbons (Fsp3) is 0.133. The number of aromatic hydroxyl groups is 1. The van der Waals surface area contributed by atoms with Crippen LogP contribution >= 0.6 is 0 Å². The Morgan fingerprint density at radius 1 is 1.24 bits per heavy atom. The Kier molecular flexibility index (Phi) is 3.06. The highest BCUT2D eigenvalue weighted by atomic mass is 16.6. The van der Waals surface area contributed by atoms with E-state index in [-0.39, 0.29) is 28.9 Å². The molecule has 0 aromatic heterocycles. The van der Waals surface area contributed by atoms with Crippen molar-refractivity contribution in [2.45, 2.75) is 12.3 Å². The van der Waals surface area contributed by atoms with Gasteiger partial charge in [0, 0.05) is 6.07 Å². The smallest absolute Gasteiger partial charge is 0.296 e. The lowest BCUT2D eigenvalue weighted by Crippen LogP contribution is -2.30. The molecule has 0 saturated carbocycles. The van der Waals surface area contributed by atoms with E-state index in [1.54, 1.807) is 0 Å². The Labute approximate surface area is 120 Å². The van der Waals surface area contributed by atoms with Crippen LogP contribution in [0, 0.1) is 10.1 Å². The van der Waals surface area contributed by atoms with E-state index >= 15 is 0 Å². The molecular weight excluding hydrogens is 272 g/mol. The summed E-state index contributed by atoms with van der Waals surface area (Å²) in [6, 6.07) is 11.5. The summed E-state index contributed by atoms with van der Waals surface area (Å²) in [5.74, 6) is -0.996. The molecule has 106 valence electrons. The summed E-state index contributed by atoms with van der Waals surface area (Å²) in [5, 5.41) is 23.2. The summed E-state index contributed by atoms with van der Waals surface area (Å²) in [4.78, 5) is 22.6. The third-order valence-electron chi connectivity index (χ3n) is 3.64. The minimum absolute atomic E-state index is 0.156. The predicted octanol–water partition coefficient (Wildman–Crippen LogP) is 2.58. The summed E-state index contributed by atoms with van der Waals surface area (Å²) >= 11 is 0. The summed E-state index contributed by atoms with van der Waals surface area (Å²) < 4.78 is 0. The maximum absolute atomic E-state index is 12.2. The SMILES string of the molecule is O=C(Nc1c(O)cccc1[N+](=O)[O-])C1Cc2ccccc21. The number of amides is 1. The van der Waals surface area contributed by atoms with Gasteiger partial charge in [-0.3, -0.25) is 14.9 Å². The van der Waals surface area contributed by atoms with Crippen LogP contribution in [0.4, 0.5) is 11.4 Å². The molecule has 0 heterocycles. The summed E-state index contributed by atoms with van der Waals surface area (Å²) in [7, 11) is 0. The van der Waals surface area contributed by atoms with Crippen molar-refractivity contribution in [3.8, 4) is 5.75 Å². The Morgan fingerprint density at radius 3 is 2.71 bits per heavy atom. The number of phenols is 1. The highest BCUT2D eigenvalue weighted by molar-refractivity contribution is 6.00. The molecule has 1 amide bonds. The Bertz CT molecular complexity index is 742. The number of benzene rings is 2. The van der Waals surface area contributed by atoms with E-state index in [9.17, 15) is 20.0 Å². The predicted molar refractivity (Wildman–Crippen MR) is 76.3 cm³/mol. The zero-order valence-corrected chi connectivity index (χ0v) is 10.9. The molecule has 1 atom stereocenters. The van der Waals surface area contributed by atoms with Gasteiger partial charge in [0.1, 0.15) is 5.75 Å². The number of carbonyl (C=O) groups is 1. The topological polar surface area (TPSA) is 92.5 Å². The number of anilines is 1. The van der Waals surface area contributed by atoms with Crippen LogP contribution in [0.25, 0.3) is 0 Å². The van der Waals surface area contributed by atoms with Crippen LogP contribution in [0.5, 0.6) is 5.75 Å². The van der Waals surface area contributed by atoms with Crippen LogP contribution in [-0.4, -0.2) is 15.9 Å². The van der Waals surface area contributed by atoms with Crippen LogP contribution < -0.4 is 5.32 Å². The lowest BCUT2D eigenvalue weighted by molar-refractivity contribution is -0.384. The Hall–Kier alpha value is -2.89. The van der Waals surface area contributed by atoms with Crippen LogP contribution in [0.1, 0.15) is 17.0 Å². The second kappa shape index (κ2) is 4.90. The molecule has 0 saturated heterocycles. The number of fused-ring (bicyclic) bond motifs is 1. The van der Waals surface area contributed by atoms with Gasteiger partial charge in [0.25, 0.3) is 5.69 Å². The van der Waals surface area contributed by atoms with Crippen molar-refractivity contribution in [3.63, 3.8) is 0 Å². The number of carbonyl (C=O) groups excluding carboxylic acids is 1. The lowest BCUT2D eigenvalue weighted by atomic mass is 9.77. The van der Waals surface area contributed by atoms with Crippen molar-refractivity contribution in [2.24, 2.45) is 0 Å². The normalized spacial score (nSPS) is 15.7. The molecule has 3 rings (SSSR count). The number of rotatable bonds is 3. The average Bonchev–Trinajstić information content (AvgIpc) is 2.42. The number of hydrogen-bond donors (Lipinski definition) is 2. The Balaban J connectivity index is 1.86. The summed E-state index contributed by atoms with van der Waals surface area (Å²) in [6.45, 7) is 0. The molecule has 21 heavy (non-hydrogen) atoms. The van der Waals surface area contributed by atoms with E-state index in [1.807, 2.05) is 24.3 Å². The van der Waals surface area contributed by atoms with Crippen molar-refractivity contribution in [2.75, 3.05) is 5.32 Å². The van der Waals surface area contributed by atoms with Crippen molar-refractivity contribution in [1.29, 1.82) is 0 Å². The first kappa shape index (κ1) is 13.1. The maximum atomic E-state index is 12.2. The standard InChI is InChI=1S/C15H12N2O4/c18-13-7-3-6-12(17(20)21)14(13)16-15(19)11-8-9-4-1-2-5-10(9)11/h1-7,11,18H,8H2,(H,16,19).